The number of ether oxygens (including phenoxy) is 1. The van der Waals surface area contributed by atoms with Gasteiger partial charge in [-0.15, -0.1) is 0 Å². The summed E-state index contributed by atoms with van der Waals surface area (Å²) in [6, 6.07) is 0. The van der Waals surface area contributed by atoms with E-state index in [4.69, 9.17) is 18.9 Å². The highest BCUT2D eigenvalue weighted by atomic mass is 28.4. The predicted octanol–water partition coefficient (Wildman–Crippen LogP) is 4.67. The number of carbonyl (C=O) groups excluding carboxylic acids is 1. The van der Waals surface area contributed by atoms with E-state index in [-0.39, 0.29) is 29.0 Å². The van der Waals surface area contributed by atoms with Crippen molar-refractivity contribution in [1.82, 2.24) is 0 Å². The van der Waals surface area contributed by atoms with Gasteiger partial charge in [0.15, 0.2) is 14.1 Å². The van der Waals surface area contributed by atoms with Crippen LogP contribution in [-0.2, 0) is 23.7 Å². The third-order valence-corrected chi connectivity index (χ3v) is 9.81. The van der Waals surface area contributed by atoms with Crippen molar-refractivity contribution in [3.63, 3.8) is 0 Å². The van der Waals surface area contributed by atoms with E-state index in [0.717, 1.165) is 38.5 Å². The summed E-state index contributed by atoms with van der Waals surface area (Å²) in [6.45, 7) is 12.3. The summed E-state index contributed by atoms with van der Waals surface area (Å²) in [7, 11) is -1.65. The van der Waals surface area contributed by atoms with Crippen LogP contribution in [0.3, 0.4) is 0 Å². The molecule has 0 aromatic carbocycles. The molecule has 6 heteroatoms. The largest absolute Gasteiger partial charge is 0.415 e. The van der Waals surface area contributed by atoms with Gasteiger partial charge in [-0.25, -0.2) is 9.78 Å². The molecule has 0 bridgehead atoms. The predicted molar refractivity (Wildman–Crippen MR) is 116 cm³/mol. The summed E-state index contributed by atoms with van der Waals surface area (Å²) < 4.78 is 12.5. The average molecular weight is 435 g/mol. The quantitative estimate of drug-likeness (QED) is 0.200. The second-order valence-corrected chi connectivity index (χ2v) is 16.1. The molecule has 0 aromatic heterocycles. The smallest absolute Gasteiger partial charge is 0.184 e. The van der Waals surface area contributed by atoms with Gasteiger partial charge in [0.2, 0.25) is 0 Å². The fourth-order valence-corrected chi connectivity index (χ4v) is 8.74. The molecule has 4 aliphatic carbocycles. The van der Waals surface area contributed by atoms with E-state index in [1.807, 2.05) is 13.0 Å². The summed E-state index contributed by atoms with van der Waals surface area (Å²) in [4.78, 5) is 24.6. The minimum atomic E-state index is -1.65. The lowest BCUT2D eigenvalue weighted by molar-refractivity contribution is -0.313. The Morgan fingerprint density at radius 3 is 2.70 bits per heavy atom. The van der Waals surface area contributed by atoms with Crippen LogP contribution in [0, 0.1) is 28.6 Å². The van der Waals surface area contributed by atoms with E-state index in [2.05, 4.69) is 26.6 Å². The molecule has 30 heavy (non-hydrogen) atoms. The third-order valence-electron chi connectivity index (χ3n) is 8.77. The summed E-state index contributed by atoms with van der Waals surface area (Å²) >= 11 is 0. The molecule has 168 valence electrons. The van der Waals surface area contributed by atoms with E-state index in [1.54, 1.807) is 0 Å². The van der Waals surface area contributed by atoms with Crippen molar-refractivity contribution < 1.29 is 23.7 Å². The molecule has 3 saturated carbocycles. The first kappa shape index (κ1) is 21.3. The molecule has 5 aliphatic rings. The van der Waals surface area contributed by atoms with Gasteiger partial charge >= 0.3 is 0 Å². The fraction of sp³-hybridized carbons (Fsp3) is 0.875. The van der Waals surface area contributed by atoms with E-state index in [9.17, 15) is 4.79 Å². The molecule has 4 fully saturated rings. The van der Waals surface area contributed by atoms with Crippen molar-refractivity contribution in [1.29, 1.82) is 0 Å². The first-order valence-corrected chi connectivity index (χ1v) is 15.4. The molecule has 8 atom stereocenters. The molecular weight excluding hydrogens is 396 g/mol. The lowest BCUT2D eigenvalue weighted by atomic mass is 9.48. The Hall–Kier alpha value is -0.533. The molecular formula is C24H38O5Si. The Labute approximate surface area is 181 Å². The summed E-state index contributed by atoms with van der Waals surface area (Å²) in [6.07, 6.45) is 9.27. The molecule has 0 spiro atoms. The number of epoxide rings is 1. The SMILES string of the molecule is CCOOC[C@]12CC[C@H]3[C@@H](C(=O)C=C4[C@@H]5O[C@@H]5CC[C@@]43C)[C@@H]1C[C@@H](O[Si](C)(C)C)C2. The molecule has 0 amide bonds. The first-order chi connectivity index (χ1) is 14.2. The normalized spacial score (nSPS) is 47.1. The number of carbonyl (C=O) groups is 1. The number of hydrogen-bond acceptors (Lipinski definition) is 5. The van der Waals surface area contributed by atoms with Gasteiger partial charge in [-0.3, -0.25) is 4.79 Å². The first-order valence-electron chi connectivity index (χ1n) is 12.0. The van der Waals surface area contributed by atoms with Gasteiger partial charge in [0.25, 0.3) is 0 Å². The molecule has 5 rings (SSSR count). The maximum Gasteiger partial charge on any atom is 0.184 e. The molecule has 0 N–H and O–H groups in total. The molecule has 1 aliphatic heterocycles. The van der Waals surface area contributed by atoms with Crippen LogP contribution in [0.1, 0.15) is 52.4 Å². The Kier molecular flexibility index (Phi) is 5.14. The van der Waals surface area contributed by atoms with E-state index < -0.39 is 8.32 Å². The zero-order chi connectivity index (χ0) is 21.3. The van der Waals surface area contributed by atoms with Crippen LogP contribution in [-0.4, -0.2) is 45.6 Å². The number of ketones is 1. The maximum absolute atomic E-state index is 13.6. The Balaban J connectivity index is 1.46. The Morgan fingerprint density at radius 2 is 1.97 bits per heavy atom. The Morgan fingerprint density at radius 1 is 1.17 bits per heavy atom. The molecule has 1 saturated heterocycles. The topological polar surface area (TPSA) is 57.3 Å². The highest BCUT2D eigenvalue weighted by molar-refractivity contribution is 6.69. The van der Waals surface area contributed by atoms with Gasteiger partial charge in [-0.05, 0) is 94.0 Å². The number of rotatable bonds is 6. The zero-order valence-corrected chi connectivity index (χ0v) is 20.2. The molecule has 1 heterocycles. The van der Waals surface area contributed by atoms with Crippen LogP contribution in [0.5, 0.6) is 0 Å². The van der Waals surface area contributed by atoms with Crippen molar-refractivity contribution in [2.24, 2.45) is 28.6 Å². The van der Waals surface area contributed by atoms with Gasteiger partial charge in [0, 0.05) is 17.4 Å². The van der Waals surface area contributed by atoms with Crippen LogP contribution in [0.2, 0.25) is 19.6 Å². The minimum Gasteiger partial charge on any atom is -0.415 e. The van der Waals surface area contributed by atoms with Crippen molar-refractivity contribution >= 4 is 14.1 Å². The average Bonchev–Trinajstić information content (AvgIpc) is 3.36. The number of fused-ring (bicyclic) bond motifs is 7. The lowest BCUT2D eigenvalue weighted by Gasteiger charge is -2.55. The number of hydrogen-bond donors (Lipinski definition) is 0. The summed E-state index contributed by atoms with van der Waals surface area (Å²) in [5, 5.41) is 0. The third kappa shape index (κ3) is 3.38. The second kappa shape index (κ2) is 7.24. The monoisotopic (exact) mass is 434 g/mol. The van der Waals surface area contributed by atoms with Crippen LogP contribution in [0.4, 0.5) is 0 Å². The van der Waals surface area contributed by atoms with Crippen molar-refractivity contribution in [3.8, 4) is 0 Å². The van der Waals surface area contributed by atoms with Crippen LogP contribution in [0.15, 0.2) is 11.6 Å². The highest BCUT2D eigenvalue weighted by Gasteiger charge is 2.65. The van der Waals surface area contributed by atoms with Gasteiger partial charge in [0.05, 0.1) is 19.3 Å². The van der Waals surface area contributed by atoms with Gasteiger partial charge in [-0.2, -0.15) is 0 Å². The number of allylic oxidation sites excluding steroid dienone is 1. The van der Waals surface area contributed by atoms with Crippen LogP contribution in [0.25, 0.3) is 0 Å². The Bertz CT molecular complexity index is 744. The zero-order valence-electron chi connectivity index (χ0n) is 19.2. The maximum atomic E-state index is 13.6. The minimum absolute atomic E-state index is 0.00863. The summed E-state index contributed by atoms with van der Waals surface area (Å²) in [5.41, 5.74) is 1.41. The lowest BCUT2D eigenvalue weighted by Crippen LogP contribution is -2.54. The van der Waals surface area contributed by atoms with E-state index in [0.29, 0.717) is 36.9 Å². The van der Waals surface area contributed by atoms with E-state index in [1.165, 1.54) is 5.57 Å². The van der Waals surface area contributed by atoms with Gasteiger partial charge < -0.3 is 9.16 Å². The van der Waals surface area contributed by atoms with E-state index >= 15 is 0 Å². The standard InChI is InChI=1S/C24H38O5Si/c1-6-26-27-14-24-10-7-16-21(17(24)11-15(13-24)29-30(3,4)5)19(25)12-18-22-20(28-22)8-9-23(16,18)2/h12,15-17,20-22H,6-11,13-14H2,1-5H3/t15-,16+,17+,20-,21-,22+,23-,24-/m1/s1. The fourth-order valence-electron chi connectivity index (χ4n) is 7.56. The molecule has 0 radical (unpaired) electrons. The van der Waals surface area contributed by atoms with Crippen molar-refractivity contribution in [2.45, 2.75) is 90.3 Å². The van der Waals surface area contributed by atoms with Crippen LogP contribution >= 0.6 is 0 Å². The summed E-state index contributed by atoms with van der Waals surface area (Å²) in [5.74, 6) is 1.16. The van der Waals surface area contributed by atoms with Crippen molar-refractivity contribution in [3.05, 3.63) is 11.6 Å². The highest BCUT2D eigenvalue weighted by Crippen LogP contribution is 2.66. The van der Waals surface area contributed by atoms with Crippen LogP contribution < -0.4 is 0 Å². The van der Waals surface area contributed by atoms with Gasteiger partial charge in [0.1, 0.15) is 6.10 Å². The second-order valence-electron chi connectivity index (χ2n) is 11.7. The molecule has 5 nitrogen and oxygen atoms in total. The van der Waals surface area contributed by atoms with Crippen molar-refractivity contribution in [2.75, 3.05) is 13.2 Å². The molecule has 0 unspecified atom stereocenters. The van der Waals surface area contributed by atoms with Gasteiger partial charge in [-0.1, -0.05) is 6.92 Å². The molecule has 0 aromatic rings.